The van der Waals surface area contributed by atoms with Crippen molar-refractivity contribution in [2.45, 2.75) is 38.3 Å². The summed E-state index contributed by atoms with van der Waals surface area (Å²) in [6.45, 7) is 10.2. The molecule has 1 aliphatic heterocycles. The largest absolute Gasteiger partial charge is 0.508 e. The SMILES string of the molecule is C=CCc1cc(CN2CCC(N)CC2)c(O)c(-c2ccc(O)c(CC=C)c2)c1. The fourth-order valence-electron chi connectivity index (χ4n) is 3.81. The molecule has 1 aliphatic rings. The van der Waals surface area contributed by atoms with Gasteiger partial charge in [0.1, 0.15) is 11.5 Å². The Morgan fingerprint density at radius 2 is 1.71 bits per heavy atom. The van der Waals surface area contributed by atoms with Gasteiger partial charge < -0.3 is 15.9 Å². The van der Waals surface area contributed by atoms with E-state index in [-0.39, 0.29) is 11.8 Å². The molecule has 0 bridgehead atoms. The summed E-state index contributed by atoms with van der Waals surface area (Å²) in [5, 5.41) is 21.1. The van der Waals surface area contributed by atoms with Gasteiger partial charge in [-0.2, -0.15) is 0 Å². The van der Waals surface area contributed by atoms with E-state index in [1.807, 2.05) is 24.3 Å². The zero-order chi connectivity index (χ0) is 20.1. The molecule has 0 aromatic heterocycles. The molecule has 0 aliphatic carbocycles. The fraction of sp³-hybridized carbons (Fsp3) is 0.333. The maximum absolute atomic E-state index is 11.0. The monoisotopic (exact) mass is 378 g/mol. The van der Waals surface area contributed by atoms with E-state index in [9.17, 15) is 10.2 Å². The molecule has 28 heavy (non-hydrogen) atoms. The molecule has 0 amide bonds. The molecular weight excluding hydrogens is 348 g/mol. The Morgan fingerprint density at radius 3 is 2.39 bits per heavy atom. The van der Waals surface area contributed by atoms with Gasteiger partial charge in [0.05, 0.1) is 0 Å². The second-order valence-corrected chi connectivity index (χ2v) is 7.59. The first-order valence-electron chi connectivity index (χ1n) is 9.88. The number of allylic oxidation sites excluding steroid dienone is 2. The third-order valence-electron chi connectivity index (χ3n) is 5.41. The molecular formula is C24H30N2O2. The quantitative estimate of drug-likeness (QED) is 0.633. The smallest absolute Gasteiger partial charge is 0.127 e. The van der Waals surface area contributed by atoms with Gasteiger partial charge in [-0.25, -0.2) is 0 Å². The number of aromatic hydroxyl groups is 2. The lowest BCUT2D eigenvalue weighted by Crippen LogP contribution is -2.39. The summed E-state index contributed by atoms with van der Waals surface area (Å²) in [5.41, 5.74) is 10.5. The van der Waals surface area contributed by atoms with Gasteiger partial charge >= 0.3 is 0 Å². The highest BCUT2D eigenvalue weighted by atomic mass is 16.3. The first-order valence-corrected chi connectivity index (χ1v) is 9.88. The van der Waals surface area contributed by atoms with Crippen molar-refractivity contribution in [1.29, 1.82) is 0 Å². The molecule has 0 unspecified atom stereocenters. The van der Waals surface area contributed by atoms with Crippen molar-refractivity contribution in [3.05, 3.63) is 72.3 Å². The normalized spacial score (nSPS) is 15.5. The summed E-state index contributed by atoms with van der Waals surface area (Å²) in [6, 6.07) is 9.81. The summed E-state index contributed by atoms with van der Waals surface area (Å²) in [7, 11) is 0. The van der Waals surface area contributed by atoms with Crippen LogP contribution in [0.5, 0.6) is 11.5 Å². The van der Waals surface area contributed by atoms with Crippen LogP contribution in [0.4, 0.5) is 0 Å². The Balaban J connectivity index is 1.98. The second kappa shape index (κ2) is 9.09. The van der Waals surface area contributed by atoms with Gasteiger partial charge in [0.15, 0.2) is 0 Å². The summed E-state index contributed by atoms with van der Waals surface area (Å²) in [5.74, 6) is 0.549. The molecule has 0 saturated carbocycles. The lowest BCUT2D eigenvalue weighted by Gasteiger charge is -2.30. The minimum atomic E-state index is 0.246. The van der Waals surface area contributed by atoms with Crippen LogP contribution in [0, 0.1) is 0 Å². The highest BCUT2D eigenvalue weighted by Crippen LogP contribution is 2.37. The van der Waals surface area contributed by atoms with Crippen molar-refractivity contribution < 1.29 is 10.2 Å². The number of hydrogen-bond donors (Lipinski definition) is 3. The number of nitrogens with zero attached hydrogens (tertiary/aromatic N) is 1. The average Bonchev–Trinajstić information content (AvgIpc) is 2.68. The van der Waals surface area contributed by atoms with E-state index in [1.165, 1.54) is 0 Å². The molecule has 0 atom stereocenters. The van der Waals surface area contributed by atoms with Crippen LogP contribution in [-0.4, -0.2) is 34.2 Å². The Kier molecular flexibility index (Phi) is 6.55. The van der Waals surface area contributed by atoms with Gasteiger partial charge in [-0.1, -0.05) is 24.3 Å². The third kappa shape index (κ3) is 4.64. The standard InChI is InChI=1S/C24H30N2O2/c1-3-5-17-13-20(16-26-11-9-21(25)10-12-26)24(28)22(14-17)18-7-8-23(27)19(15-18)6-4-2/h3-4,7-8,13-15,21,27-28H,1-2,5-6,9-12,16,25H2. The zero-order valence-electron chi connectivity index (χ0n) is 16.4. The summed E-state index contributed by atoms with van der Waals surface area (Å²) in [4.78, 5) is 2.35. The Labute approximate surface area is 167 Å². The number of benzene rings is 2. The lowest BCUT2D eigenvalue weighted by atomic mass is 9.94. The minimum Gasteiger partial charge on any atom is -0.508 e. The van der Waals surface area contributed by atoms with Crippen LogP contribution in [0.15, 0.2) is 55.6 Å². The van der Waals surface area contributed by atoms with E-state index in [0.29, 0.717) is 18.7 Å². The van der Waals surface area contributed by atoms with E-state index in [4.69, 9.17) is 5.73 Å². The first kappa shape index (κ1) is 20.2. The Bertz CT molecular complexity index is 852. The number of hydrogen-bond acceptors (Lipinski definition) is 4. The van der Waals surface area contributed by atoms with Gasteiger partial charge in [0, 0.05) is 23.7 Å². The molecule has 1 fully saturated rings. The predicted octanol–water partition coefficient (Wildman–Crippen LogP) is 4.14. The number of rotatable bonds is 7. The first-order chi connectivity index (χ1) is 13.5. The van der Waals surface area contributed by atoms with Crippen molar-refractivity contribution in [3.8, 4) is 22.6 Å². The molecule has 4 heteroatoms. The van der Waals surface area contributed by atoms with Crippen molar-refractivity contribution in [2.24, 2.45) is 5.73 Å². The molecule has 148 valence electrons. The van der Waals surface area contributed by atoms with Crippen molar-refractivity contribution in [3.63, 3.8) is 0 Å². The lowest BCUT2D eigenvalue weighted by molar-refractivity contribution is 0.203. The van der Waals surface area contributed by atoms with Crippen LogP contribution >= 0.6 is 0 Å². The number of likely N-dealkylation sites (tertiary alicyclic amines) is 1. The molecule has 2 aromatic carbocycles. The molecule has 3 rings (SSSR count). The van der Waals surface area contributed by atoms with Crippen LogP contribution < -0.4 is 5.73 Å². The van der Waals surface area contributed by atoms with Gasteiger partial charge in [-0.3, -0.25) is 4.90 Å². The van der Waals surface area contributed by atoms with Crippen LogP contribution in [0.1, 0.15) is 29.5 Å². The third-order valence-corrected chi connectivity index (χ3v) is 5.41. The van der Waals surface area contributed by atoms with Crippen molar-refractivity contribution >= 4 is 0 Å². The van der Waals surface area contributed by atoms with E-state index in [1.54, 1.807) is 12.1 Å². The molecule has 4 N–H and O–H groups in total. The molecule has 2 aromatic rings. The van der Waals surface area contributed by atoms with Crippen molar-refractivity contribution in [2.75, 3.05) is 13.1 Å². The van der Waals surface area contributed by atoms with Crippen LogP contribution in [0.25, 0.3) is 11.1 Å². The Morgan fingerprint density at radius 1 is 1.00 bits per heavy atom. The number of piperidine rings is 1. The van der Waals surface area contributed by atoms with Crippen molar-refractivity contribution in [1.82, 2.24) is 4.90 Å². The number of phenols is 2. The summed E-state index contributed by atoms with van der Waals surface area (Å²) in [6.07, 6.45) is 6.93. The molecule has 4 nitrogen and oxygen atoms in total. The number of phenolic OH excluding ortho intramolecular Hbond substituents is 2. The van der Waals surface area contributed by atoms with Crippen LogP contribution in [0.2, 0.25) is 0 Å². The predicted molar refractivity (Wildman–Crippen MR) is 115 cm³/mol. The highest BCUT2D eigenvalue weighted by Gasteiger charge is 2.19. The molecule has 0 radical (unpaired) electrons. The van der Waals surface area contributed by atoms with E-state index >= 15 is 0 Å². The van der Waals surface area contributed by atoms with Gasteiger partial charge in [0.25, 0.3) is 0 Å². The summed E-state index contributed by atoms with van der Waals surface area (Å²) >= 11 is 0. The average molecular weight is 379 g/mol. The molecule has 1 saturated heterocycles. The Hall–Kier alpha value is -2.56. The van der Waals surface area contributed by atoms with E-state index < -0.39 is 0 Å². The van der Waals surface area contributed by atoms with E-state index in [0.717, 1.165) is 60.2 Å². The maximum atomic E-state index is 11.0. The number of nitrogens with two attached hydrogens (primary N) is 1. The topological polar surface area (TPSA) is 69.7 Å². The van der Waals surface area contributed by atoms with Gasteiger partial charge in [0.2, 0.25) is 0 Å². The van der Waals surface area contributed by atoms with Crippen LogP contribution in [0.3, 0.4) is 0 Å². The van der Waals surface area contributed by atoms with E-state index in [2.05, 4.69) is 24.1 Å². The highest BCUT2D eigenvalue weighted by molar-refractivity contribution is 5.74. The minimum absolute atomic E-state index is 0.246. The van der Waals surface area contributed by atoms with Gasteiger partial charge in [-0.05, 0) is 73.7 Å². The molecule has 0 spiro atoms. The fourth-order valence-corrected chi connectivity index (χ4v) is 3.81. The van der Waals surface area contributed by atoms with Gasteiger partial charge in [-0.15, -0.1) is 13.2 Å². The molecule has 1 heterocycles. The summed E-state index contributed by atoms with van der Waals surface area (Å²) < 4.78 is 0. The zero-order valence-corrected chi connectivity index (χ0v) is 16.4. The maximum Gasteiger partial charge on any atom is 0.127 e. The second-order valence-electron chi connectivity index (χ2n) is 7.59. The van der Waals surface area contributed by atoms with Crippen LogP contribution in [-0.2, 0) is 19.4 Å².